The second-order valence-corrected chi connectivity index (χ2v) is 6.06. The molecule has 1 aliphatic rings. The molecule has 1 heterocycles. The Morgan fingerprint density at radius 2 is 1.77 bits per heavy atom. The van der Waals surface area contributed by atoms with E-state index in [1.54, 1.807) is 19.1 Å². The first kappa shape index (κ1) is 19.4. The molecule has 0 radical (unpaired) electrons. The summed E-state index contributed by atoms with van der Waals surface area (Å²) in [6.45, 7) is 3.64. The second-order valence-electron chi connectivity index (χ2n) is 6.06. The molecule has 2 atom stereocenters. The third-order valence-electron chi connectivity index (χ3n) is 4.14. The van der Waals surface area contributed by atoms with Crippen molar-refractivity contribution in [3.05, 3.63) is 35.9 Å². The van der Waals surface area contributed by atoms with E-state index in [-0.39, 0.29) is 25.4 Å². The predicted molar refractivity (Wildman–Crippen MR) is 90.2 cm³/mol. The Labute approximate surface area is 151 Å². The Balaban J connectivity index is 1.95. The maximum atomic E-state index is 12.4. The Hall–Kier alpha value is -2.90. The maximum absolute atomic E-state index is 12.4. The van der Waals surface area contributed by atoms with Crippen LogP contribution in [0, 0.1) is 5.92 Å². The van der Waals surface area contributed by atoms with Crippen molar-refractivity contribution in [3.63, 3.8) is 0 Å². The highest BCUT2D eigenvalue weighted by atomic mass is 16.7. The zero-order chi connectivity index (χ0) is 19.1. The molecule has 1 aromatic carbocycles. The van der Waals surface area contributed by atoms with Gasteiger partial charge in [0.05, 0.1) is 0 Å². The highest BCUT2D eigenvalue weighted by molar-refractivity contribution is 6.01. The average molecular weight is 362 g/mol. The third-order valence-corrected chi connectivity index (χ3v) is 4.14. The standard InChI is InChI=1S/C18H22N2O6/c1-3-12(2)16(17(23)26-20-14(21)9-10-15(20)22)19-18(24)25-11-13-7-5-4-6-8-13/h4-8,12,16H,3,9-11H2,1-2H3,(H,19,24)/t12-,16+/m0/s1. The van der Waals surface area contributed by atoms with Gasteiger partial charge in [0.25, 0.3) is 11.8 Å². The minimum atomic E-state index is -1.04. The van der Waals surface area contributed by atoms with Crippen LogP contribution in [0.1, 0.15) is 38.7 Å². The van der Waals surface area contributed by atoms with Gasteiger partial charge in [-0.25, -0.2) is 9.59 Å². The van der Waals surface area contributed by atoms with E-state index in [1.807, 2.05) is 25.1 Å². The number of ether oxygens (including phenoxy) is 1. The number of hydrogen-bond acceptors (Lipinski definition) is 6. The summed E-state index contributed by atoms with van der Waals surface area (Å²) in [5.41, 5.74) is 0.804. The molecule has 0 aliphatic carbocycles. The van der Waals surface area contributed by atoms with Crippen molar-refractivity contribution in [2.75, 3.05) is 0 Å². The first-order chi connectivity index (χ1) is 12.4. The molecule has 0 spiro atoms. The van der Waals surface area contributed by atoms with Gasteiger partial charge >= 0.3 is 12.1 Å². The molecule has 2 rings (SSSR count). The minimum Gasteiger partial charge on any atom is -0.445 e. The number of carbonyl (C=O) groups is 4. The van der Waals surface area contributed by atoms with Crippen LogP contribution >= 0.6 is 0 Å². The molecular weight excluding hydrogens is 340 g/mol. The van der Waals surface area contributed by atoms with E-state index in [9.17, 15) is 19.2 Å². The molecule has 140 valence electrons. The minimum absolute atomic E-state index is 0.00660. The van der Waals surface area contributed by atoms with E-state index in [0.29, 0.717) is 11.5 Å². The molecule has 0 bridgehead atoms. The summed E-state index contributed by atoms with van der Waals surface area (Å²) in [6, 6.07) is 8.06. The van der Waals surface area contributed by atoms with Crippen LogP contribution in [0.2, 0.25) is 0 Å². The monoisotopic (exact) mass is 362 g/mol. The van der Waals surface area contributed by atoms with Crippen molar-refractivity contribution in [1.82, 2.24) is 10.4 Å². The number of alkyl carbamates (subject to hydrolysis) is 1. The molecule has 0 saturated carbocycles. The summed E-state index contributed by atoms with van der Waals surface area (Å²) in [6.07, 6.45) is -0.199. The summed E-state index contributed by atoms with van der Waals surface area (Å²) >= 11 is 0. The molecule has 8 nitrogen and oxygen atoms in total. The van der Waals surface area contributed by atoms with E-state index in [0.717, 1.165) is 5.56 Å². The number of nitrogens with zero attached hydrogens (tertiary/aromatic N) is 1. The van der Waals surface area contributed by atoms with Gasteiger partial charge in [-0.1, -0.05) is 50.6 Å². The van der Waals surface area contributed by atoms with Crippen LogP contribution in [0.4, 0.5) is 4.79 Å². The molecule has 0 aromatic heterocycles. The number of nitrogens with one attached hydrogen (secondary N) is 1. The molecule has 1 aromatic rings. The van der Waals surface area contributed by atoms with Gasteiger partial charge in [0.1, 0.15) is 12.6 Å². The lowest BCUT2D eigenvalue weighted by Gasteiger charge is -2.23. The SMILES string of the molecule is CC[C@H](C)[C@@H](NC(=O)OCc1ccccc1)C(=O)ON1C(=O)CCC1=O. The zero-order valence-electron chi connectivity index (χ0n) is 14.8. The van der Waals surface area contributed by atoms with E-state index < -0.39 is 29.9 Å². The molecule has 1 fully saturated rings. The Morgan fingerprint density at radius 1 is 1.15 bits per heavy atom. The normalized spacial score (nSPS) is 16.2. The fraction of sp³-hybridized carbons (Fsp3) is 0.444. The van der Waals surface area contributed by atoms with E-state index in [1.165, 1.54) is 0 Å². The van der Waals surface area contributed by atoms with Gasteiger partial charge in [-0.05, 0) is 11.5 Å². The summed E-state index contributed by atoms with van der Waals surface area (Å²) in [5, 5.41) is 2.92. The number of rotatable bonds is 7. The van der Waals surface area contributed by atoms with Gasteiger partial charge in [0.2, 0.25) is 0 Å². The third kappa shape index (κ3) is 5.05. The van der Waals surface area contributed by atoms with Crippen molar-refractivity contribution in [2.24, 2.45) is 5.92 Å². The fourth-order valence-electron chi connectivity index (χ4n) is 2.37. The molecule has 0 unspecified atom stereocenters. The van der Waals surface area contributed by atoms with Crippen molar-refractivity contribution < 1.29 is 28.8 Å². The van der Waals surface area contributed by atoms with E-state index in [4.69, 9.17) is 9.57 Å². The van der Waals surface area contributed by atoms with Crippen molar-refractivity contribution in [1.29, 1.82) is 0 Å². The summed E-state index contributed by atoms with van der Waals surface area (Å²) in [7, 11) is 0. The van der Waals surface area contributed by atoms with Crippen molar-refractivity contribution in [3.8, 4) is 0 Å². The quantitative estimate of drug-likeness (QED) is 0.744. The van der Waals surface area contributed by atoms with Crippen LogP contribution in [0.5, 0.6) is 0 Å². The van der Waals surface area contributed by atoms with Gasteiger partial charge in [0.15, 0.2) is 0 Å². The number of amides is 3. The number of imide groups is 1. The first-order valence-electron chi connectivity index (χ1n) is 8.47. The maximum Gasteiger partial charge on any atom is 0.408 e. The average Bonchev–Trinajstić information content (AvgIpc) is 2.96. The Kier molecular flexibility index (Phi) is 6.71. The number of hydroxylamine groups is 2. The van der Waals surface area contributed by atoms with Crippen LogP contribution in [0.15, 0.2) is 30.3 Å². The Morgan fingerprint density at radius 3 is 2.35 bits per heavy atom. The van der Waals surface area contributed by atoms with Gasteiger partial charge in [-0.15, -0.1) is 5.06 Å². The summed E-state index contributed by atoms with van der Waals surface area (Å²) < 4.78 is 5.11. The molecule has 1 N–H and O–H groups in total. The van der Waals surface area contributed by atoms with Crippen molar-refractivity contribution >= 4 is 23.9 Å². The van der Waals surface area contributed by atoms with Gasteiger partial charge in [0, 0.05) is 12.8 Å². The lowest BCUT2D eigenvalue weighted by Crippen LogP contribution is -2.48. The van der Waals surface area contributed by atoms with Gasteiger partial charge in [-0.3, -0.25) is 9.59 Å². The van der Waals surface area contributed by atoms with Crippen LogP contribution < -0.4 is 5.32 Å². The summed E-state index contributed by atoms with van der Waals surface area (Å²) in [4.78, 5) is 52.5. The highest BCUT2D eigenvalue weighted by Gasteiger charge is 2.36. The molecular formula is C18H22N2O6. The fourth-order valence-corrected chi connectivity index (χ4v) is 2.37. The molecule has 8 heteroatoms. The predicted octanol–water partition coefficient (Wildman–Crippen LogP) is 1.93. The second kappa shape index (κ2) is 8.98. The first-order valence-corrected chi connectivity index (χ1v) is 8.47. The van der Waals surface area contributed by atoms with Crippen LogP contribution in [-0.2, 0) is 30.6 Å². The van der Waals surface area contributed by atoms with Crippen LogP contribution in [0.3, 0.4) is 0 Å². The lowest BCUT2D eigenvalue weighted by atomic mass is 9.99. The number of benzene rings is 1. The van der Waals surface area contributed by atoms with Crippen LogP contribution in [-0.4, -0.2) is 35.0 Å². The van der Waals surface area contributed by atoms with Gasteiger partial charge in [-0.2, -0.15) is 0 Å². The van der Waals surface area contributed by atoms with E-state index >= 15 is 0 Å². The lowest BCUT2D eigenvalue weighted by molar-refractivity contribution is -0.199. The molecule has 26 heavy (non-hydrogen) atoms. The zero-order valence-corrected chi connectivity index (χ0v) is 14.8. The van der Waals surface area contributed by atoms with Crippen molar-refractivity contribution in [2.45, 2.75) is 45.8 Å². The summed E-state index contributed by atoms with van der Waals surface area (Å²) in [5.74, 6) is -2.30. The molecule has 3 amide bonds. The smallest absolute Gasteiger partial charge is 0.408 e. The number of carbonyl (C=O) groups excluding carboxylic acids is 4. The topological polar surface area (TPSA) is 102 Å². The van der Waals surface area contributed by atoms with Crippen LogP contribution in [0.25, 0.3) is 0 Å². The Bertz CT molecular complexity index is 660. The van der Waals surface area contributed by atoms with Gasteiger partial charge < -0.3 is 14.9 Å². The number of hydrogen-bond donors (Lipinski definition) is 1. The molecule has 1 aliphatic heterocycles. The van der Waals surface area contributed by atoms with E-state index in [2.05, 4.69) is 5.32 Å². The largest absolute Gasteiger partial charge is 0.445 e. The molecule has 1 saturated heterocycles. The highest BCUT2D eigenvalue weighted by Crippen LogP contribution is 2.16.